The lowest BCUT2D eigenvalue weighted by Crippen LogP contribution is -2.33. The third-order valence-electron chi connectivity index (χ3n) is 7.11. The number of phenols is 2. The first-order valence-electron chi connectivity index (χ1n) is 12.9. The molecule has 0 fully saturated rings. The summed E-state index contributed by atoms with van der Waals surface area (Å²) in [7, 11) is 0. The van der Waals surface area contributed by atoms with Crippen molar-refractivity contribution >= 4 is 29.8 Å². The van der Waals surface area contributed by atoms with Gasteiger partial charge < -0.3 is 39.4 Å². The van der Waals surface area contributed by atoms with Crippen LogP contribution in [0.2, 0.25) is 0 Å². The molecule has 3 aromatic carbocycles. The minimum absolute atomic E-state index is 0.0268. The van der Waals surface area contributed by atoms with E-state index in [1.165, 1.54) is 42.5 Å². The number of ether oxygens (including phenoxy) is 4. The zero-order chi connectivity index (χ0) is 31.1. The summed E-state index contributed by atoms with van der Waals surface area (Å²) in [6.07, 6.45) is -0.742. The van der Waals surface area contributed by atoms with Gasteiger partial charge in [0.05, 0.1) is 11.1 Å². The topological polar surface area (TPSA) is 203 Å². The van der Waals surface area contributed by atoms with Crippen molar-refractivity contribution in [1.29, 1.82) is 0 Å². The van der Waals surface area contributed by atoms with Crippen LogP contribution in [-0.4, -0.2) is 57.1 Å². The molecule has 0 amide bonds. The summed E-state index contributed by atoms with van der Waals surface area (Å²) in [5.74, 6) is -5.02. The highest BCUT2D eigenvalue weighted by Gasteiger charge is 2.54. The van der Waals surface area contributed by atoms with Gasteiger partial charge in [0.2, 0.25) is 6.79 Å². The lowest BCUT2D eigenvalue weighted by Gasteiger charge is -2.37. The summed E-state index contributed by atoms with van der Waals surface area (Å²) < 4.78 is 21.6. The van der Waals surface area contributed by atoms with Gasteiger partial charge in [0.1, 0.15) is 23.0 Å². The van der Waals surface area contributed by atoms with Crippen LogP contribution in [0.5, 0.6) is 23.0 Å². The number of aryl methyl sites for hydroxylation is 2. The maximum absolute atomic E-state index is 13.4. The van der Waals surface area contributed by atoms with Crippen LogP contribution < -0.4 is 4.74 Å². The van der Waals surface area contributed by atoms with Gasteiger partial charge in [-0.15, -0.1) is 0 Å². The molecule has 0 radical (unpaired) electrons. The number of carboxylic acids is 2. The van der Waals surface area contributed by atoms with E-state index in [1.54, 1.807) is 0 Å². The number of benzene rings is 3. The van der Waals surface area contributed by atoms with Crippen molar-refractivity contribution in [1.82, 2.24) is 0 Å². The number of carboxylic acid groups (broad SMARTS) is 2. The highest BCUT2D eigenvalue weighted by atomic mass is 16.7. The first kappa shape index (κ1) is 28.9. The van der Waals surface area contributed by atoms with E-state index >= 15 is 0 Å². The number of aliphatic carboxylic acids is 2. The Bertz CT molecular complexity index is 1630. The van der Waals surface area contributed by atoms with Crippen molar-refractivity contribution in [3.8, 4) is 23.0 Å². The SMILES string of the molecule is CC(=O)OCOC(=O)c1ccc2c(c1)C(=O)OC21c2cc(CCC(=O)O)c(O)cc2Oc2cc(O)c(CCC(=O)O)cc21. The number of hydrogen-bond donors (Lipinski definition) is 4. The molecule has 0 aliphatic carbocycles. The van der Waals surface area contributed by atoms with Gasteiger partial charge in [0.15, 0.2) is 5.60 Å². The van der Waals surface area contributed by atoms with Gasteiger partial charge in [-0.05, 0) is 48.2 Å². The molecule has 0 atom stereocenters. The first-order chi connectivity index (χ1) is 20.4. The van der Waals surface area contributed by atoms with Crippen LogP contribution in [0, 0.1) is 0 Å². The van der Waals surface area contributed by atoms with Crippen molar-refractivity contribution in [3.05, 3.63) is 81.4 Å². The van der Waals surface area contributed by atoms with Gasteiger partial charge >= 0.3 is 29.8 Å². The molecule has 2 aliphatic rings. The molecule has 2 heterocycles. The van der Waals surface area contributed by atoms with E-state index < -0.39 is 42.2 Å². The molecule has 0 saturated heterocycles. The Morgan fingerprint density at radius 1 is 0.791 bits per heavy atom. The van der Waals surface area contributed by atoms with Crippen LogP contribution in [-0.2, 0) is 47.0 Å². The van der Waals surface area contributed by atoms with E-state index in [4.69, 9.17) is 14.2 Å². The fourth-order valence-electron chi connectivity index (χ4n) is 5.14. The minimum atomic E-state index is -1.76. The normalized spacial score (nSPS) is 13.7. The number of carbonyl (C=O) groups is 5. The Morgan fingerprint density at radius 2 is 1.35 bits per heavy atom. The molecule has 0 bridgehead atoms. The van der Waals surface area contributed by atoms with Crippen molar-refractivity contribution in [2.75, 3.05) is 6.79 Å². The summed E-state index contributed by atoms with van der Waals surface area (Å²) in [6, 6.07) is 9.49. The Hall–Kier alpha value is -5.59. The number of rotatable bonds is 9. The van der Waals surface area contributed by atoms with E-state index in [2.05, 4.69) is 4.74 Å². The minimum Gasteiger partial charge on any atom is -0.508 e. The van der Waals surface area contributed by atoms with Crippen LogP contribution in [0.1, 0.15) is 68.3 Å². The molecule has 13 heteroatoms. The van der Waals surface area contributed by atoms with Crippen LogP contribution in [0.15, 0.2) is 42.5 Å². The predicted octanol–water partition coefficient (Wildman–Crippen LogP) is 3.38. The number of phenolic OH excluding ortho intramolecular Hbond substituents is 2. The molecule has 0 unspecified atom stereocenters. The average molecular weight is 593 g/mol. The zero-order valence-corrected chi connectivity index (χ0v) is 22.5. The van der Waals surface area contributed by atoms with E-state index in [-0.39, 0.29) is 87.6 Å². The molecule has 2 aliphatic heterocycles. The summed E-state index contributed by atoms with van der Waals surface area (Å²) >= 11 is 0. The Balaban J connectivity index is 1.69. The number of aromatic hydroxyl groups is 2. The average Bonchev–Trinajstić information content (AvgIpc) is 3.22. The second-order valence-electron chi connectivity index (χ2n) is 9.86. The van der Waals surface area contributed by atoms with Gasteiger partial charge in [0, 0.05) is 48.6 Å². The smallest absolute Gasteiger partial charge is 0.341 e. The summed E-state index contributed by atoms with van der Waals surface area (Å²) in [4.78, 5) is 59.5. The Labute approximate surface area is 242 Å². The third kappa shape index (κ3) is 5.27. The van der Waals surface area contributed by atoms with Crippen LogP contribution >= 0.6 is 0 Å². The maximum Gasteiger partial charge on any atom is 0.341 e. The molecule has 1 spiro atoms. The van der Waals surface area contributed by atoms with Crippen molar-refractivity contribution in [2.45, 2.75) is 38.2 Å². The second kappa shape index (κ2) is 11.0. The second-order valence-corrected chi connectivity index (χ2v) is 9.86. The largest absolute Gasteiger partial charge is 0.508 e. The third-order valence-corrected chi connectivity index (χ3v) is 7.11. The lowest BCUT2D eigenvalue weighted by atomic mass is 9.76. The lowest BCUT2D eigenvalue weighted by molar-refractivity contribution is -0.149. The fraction of sp³-hybridized carbons (Fsp3) is 0.233. The maximum atomic E-state index is 13.4. The van der Waals surface area contributed by atoms with E-state index in [0.717, 1.165) is 6.92 Å². The van der Waals surface area contributed by atoms with Crippen molar-refractivity contribution in [3.63, 3.8) is 0 Å². The van der Waals surface area contributed by atoms with E-state index in [9.17, 15) is 44.4 Å². The summed E-state index contributed by atoms with van der Waals surface area (Å²) in [6.45, 7) is 0.505. The van der Waals surface area contributed by atoms with Gasteiger partial charge in [-0.1, -0.05) is 6.07 Å². The summed E-state index contributed by atoms with van der Waals surface area (Å²) in [5.41, 5.74) is -0.665. The van der Waals surface area contributed by atoms with Crippen LogP contribution in [0.3, 0.4) is 0 Å². The first-order valence-corrected chi connectivity index (χ1v) is 12.9. The van der Waals surface area contributed by atoms with Crippen LogP contribution in [0.4, 0.5) is 0 Å². The molecule has 0 aromatic heterocycles. The molecule has 5 rings (SSSR count). The van der Waals surface area contributed by atoms with Gasteiger partial charge in [-0.25, -0.2) is 9.59 Å². The molecule has 13 nitrogen and oxygen atoms in total. The number of carbonyl (C=O) groups excluding carboxylic acids is 3. The molecule has 222 valence electrons. The Morgan fingerprint density at radius 3 is 1.86 bits per heavy atom. The molecular weight excluding hydrogens is 568 g/mol. The molecule has 43 heavy (non-hydrogen) atoms. The van der Waals surface area contributed by atoms with Crippen LogP contribution in [0.25, 0.3) is 0 Å². The van der Waals surface area contributed by atoms with Gasteiger partial charge in [-0.3, -0.25) is 14.4 Å². The zero-order valence-electron chi connectivity index (χ0n) is 22.5. The van der Waals surface area contributed by atoms with Gasteiger partial charge in [-0.2, -0.15) is 0 Å². The summed E-state index contributed by atoms with van der Waals surface area (Å²) in [5, 5.41) is 39.7. The molecule has 4 N–H and O–H groups in total. The number of esters is 3. The van der Waals surface area contributed by atoms with E-state index in [0.29, 0.717) is 0 Å². The Kier molecular flexibility index (Phi) is 7.40. The monoisotopic (exact) mass is 592 g/mol. The molecular formula is C30H24O13. The quantitative estimate of drug-likeness (QED) is 0.208. The fourth-order valence-corrected chi connectivity index (χ4v) is 5.14. The van der Waals surface area contributed by atoms with Gasteiger partial charge in [0.25, 0.3) is 0 Å². The van der Waals surface area contributed by atoms with Crippen molar-refractivity contribution in [2.24, 2.45) is 0 Å². The standard InChI is InChI=1S/C30H24O13/c1-14(31)40-13-41-28(38)17-2-5-19-18(8-17)29(39)43-30(19)20-9-15(3-6-26(34)35)22(32)11-24(20)42-25-12-23(33)16(10-21(25)30)4-7-27(36)37/h2,5,8-12,32-33H,3-4,6-7,13H2,1H3,(H,34,35)(H,36,37). The highest BCUT2D eigenvalue weighted by Crippen LogP contribution is 2.58. The van der Waals surface area contributed by atoms with Crippen molar-refractivity contribution < 1.29 is 63.3 Å². The van der Waals surface area contributed by atoms with E-state index in [1.807, 2.05) is 0 Å². The number of fused-ring (bicyclic) bond motifs is 6. The number of hydrogen-bond acceptors (Lipinski definition) is 11. The highest BCUT2D eigenvalue weighted by molar-refractivity contribution is 6.00. The predicted molar refractivity (Wildman–Crippen MR) is 142 cm³/mol. The molecule has 0 saturated carbocycles. The molecule has 3 aromatic rings.